The number of sulfonamides is 1. The molecule has 2 N–H and O–H groups in total. The Hall–Kier alpha value is -2.40. The lowest BCUT2D eigenvalue weighted by molar-refractivity contribution is -0.124. The van der Waals surface area contributed by atoms with E-state index in [0.717, 1.165) is 37.8 Å². The molecule has 2 aromatic carbocycles. The first-order chi connectivity index (χ1) is 17.6. The molecular formula is C24H27Cl3N2O7S. The summed E-state index contributed by atoms with van der Waals surface area (Å²) >= 11 is 18.4. The van der Waals surface area contributed by atoms with E-state index >= 15 is 0 Å². The van der Waals surface area contributed by atoms with Crippen LogP contribution >= 0.6 is 34.8 Å². The molecule has 0 atom stereocenters. The van der Waals surface area contributed by atoms with Gasteiger partial charge in [-0.25, -0.2) is 13.2 Å². The molecule has 0 spiro atoms. The van der Waals surface area contributed by atoms with Crippen LogP contribution in [0.5, 0.6) is 11.5 Å². The van der Waals surface area contributed by atoms with Crippen molar-refractivity contribution in [3.63, 3.8) is 0 Å². The van der Waals surface area contributed by atoms with Gasteiger partial charge < -0.3 is 19.5 Å². The van der Waals surface area contributed by atoms with Gasteiger partial charge in [0.1, 0.15) is 16.4 Å². The molecule has 1 amide bonds. The molecule has 1 aliphatic rings. The van der Waals surface area contributed by atoms with E-state index in [9.17, 15) is 18.0 Å². The van der Waals surface area contributed by atoms with Crippen LogP contribution < -0.4 is 19.5 Å². The van der Waals surface area contributed by atoms with Crippen molar-refractivity contribution in [1.82, 2.24) is 5.32 Å². The van der Waals surface area contributed by atoms with Crippen LogP contribution in [-0.4, -0.2) is 47.7 Å². The summed E-state index contributed by atoms with van der Waals surface area (Å²) in [6, 6.07) is 4.80. The molecule has 1 saturated carbocycles. The number of amides is 1. The molecule has 9 nitrogen and oxygen atoms in total. The van der Waals surface area contributed by atoms with Crippen LogP contribution in [0.3, 0.4) is 0 Å². The Balaban J connectivity index is 1.74. The summed E-state index contributed by atoms with van der Waals surface area (Å²) in [4.78, 5) is 24.3. The van der Waals surface area contributed by atoms with Gasteiger partial charge in [-0.2, -0.15) is 0 Å². The second-order valence-electron chi connectivity index (χ2n) is 8.44. The van der Waals surface area contributed by atoms with Crippen LogP contribution in [0.1, 0.15) is 42.5 Å². The minimum absolute atomic E-state index is 0.0121. The lowest BCUT2D eigenvalue weighted by atomic mass is 9.89. The molecular weight excluding hydrogens is 567 g/mol. The zero-order chi connectivity index (χ0) is 27.2. The van der Waals surface area contributed by atoms with Gasteiger partial charge in [0.15, 0.2) is 6.61 Å². The zero-order valence-corrected chi connectivity index (χ0v) is 23.3. The molecule has 0 aromatic heterocycles. The Bertz CT molecular complexity index is 1270. The van der Waals surface area contributed by atoms with E-state index < -0.39 is 33.4 Å². The van der Waals surface area contributed by atoms with Gasteiger partial charge in [0.2, 0.25) is 0 Å². The third kappa shape index (κ3) is 7.56. The molecule has 0 radical (unpaired) electrons. The van der Waals surface area contributed by atoms with Crippen molar-refractivity contribution in [1.29, 1.82) is 0 Å². The molecule has 1 aliphatic carbocycles. The molecule has 3 rings (SSSR count). The molecule has 1 fully saturated rings. The number of hydrogen-bond donors (Lipinski definition) is 2. The Labute approximate surface area is 230 Å². The number of ether oxygens (including phenoxy) is 3. The van der Waals surface area contributed by atoms with Crippen LogP contribution in [0, 0.1) is 5.92 Å². The third-order valence-corrected chi connectivity index (χ3v) is 8.33. The Morgan fingerprint density at radius 2 is 1.59 bits per heavy atom. The van der Waals surface area contributed by atoms with Crippen molar-refractivity contribution in [2.24, 2.45) is 5.92 Å². The van der Waals surface area contributed by atoms with Gasteiger partial charge in [0.25, 0.3) is 15.9 Å². The molecule has 202 valence electrons. The Kier molecular flexibility index (Phi) is 10.2. The Morgan fingerprint density at radius 1 is 0.919 bits per heavy atom. The second-order valence-corrected chi connectivity index (χ2v) is 11.3. The van der Waals surface area contributed by atoms with E-state index in [1.54, 1.807) is 0 Å². The van der Waals surface area contributed by atoms with E-state index in [1.807, 2.05) is 0 Å². The van der Waals surface area contributed by atoms with Crippen molar-refractivity contribution in [3.8, 4) is 11.5 Å². The average molecular weight is 594 g/mol. The number of methoxy groups -OCH3 is 2. The van der Waals surface area contributed by atoms with Gasteiger partial charge in [-0.15, -0.1) is 0 Å². The summed E-state index contributed by atoms with van der Waals surface area (Å²) < 4.78 is 44.1. The first-order valence-electron chi connectivity index (χ1n) is 11.4. The number of hydrogen-bond acceptors (Lipinski definition) is 7. The quantitative estimate of drug-likeness (QED) is 0.358. The smallest absolute Gasteiger partial charge is 0.340 e. The van der Waals surface area contributed by atoms with Crippen molar-refractivity contribution < 1.29 is 32.2 Å². The van der Waals surface area contributed by atoms with Gasteiger partial charge in [-0.05, 0) is 37.0 Å². The van der Waals surface area contributed by atoms with Crippen molar-refractivity contribution in [2.75, 3.05) is 32.1 Å². The monoisotopic (exact) mass is 592 g/mol. The fourth-order valence-corrected chi connectivity index (χ4v) is 6.09. The summed E-state index contributed by atoms with van der Waals surface area (Å²) in [5.74, 6) is -0.607. The molecule has 0 unspecified atom stereocenters. The normalized spacial score (nSPS) is 14.1. The largest absolute Gasteiger partial charge is 0.495 e. The van der Waals surface area contributed by atoms with E-state index in [-0.39, 0.29) is 37.8 Å². The fraction of sp³-hybridized carbons (Fsp3) is 0.417. The van der Waals surface area contributed by atoms with Gasteiger partial charge in [0, 0.05) is 12.6 Å². The van der Waals surface area contributed by atoms with Crippen molar-refractivity contribution in [2.45, 2.75) is 37.0 Å². The first-order valence-corrected chi connectivity index (χ1v) is 14.0. The first kappa shape index (κ1) is 29.2. The second kappa shape index (κ2) is 12.9. The SMILES string of the molecule is COc1cc(OC)c(NS(=O)(=O)c2cc(C(=O)OCC(=O)NCC3CCCCC3)c(Cl)cc2Cl)cc1Cl. The predicted molar refractivity (Wildman–Crippen MR) is 142 cm³/mol. The van der Waals surface area contributed by atoms with Crippen LogP contribution in [0.4, 0.5) is 5.69 Å². The number of rotatable bonds is 10. The highest BCUT2D eigenvalue weighted by Crippen LogP contribution is 2.38. The van der Waals surface area contributed by atoms with Gasteiger partial charge in [-0.1, -0.05) is 54.1 Å². The number of esters is 1. The van der Waals surface area contributed by atoms with E-state index in [4.69, 9.17) is 49.0 Å². The van der Waals surface area contributed by atoms with Crippen LogP contribution in [-0.2, 0) is 19.6 Å². The predicted octanol–water partition coefficient (Wildman–Crippen LogP) is 5.32. The molecule has 0 bridgehead atoms. The number of carbonyl (C=O) groups is 2. The fourth-order valence-electron chi connectivity index (χ4n) is 3.94. The number of carbonyl (C=O) groups excluding carboxylic acids is 2. The highest BCUT2D eigenvalue weighted by molar-refractivity contribution is 7.92. The molecule has 0 aliphatic heterocycles. The van der Waals surface area contributed by atoms with Crippen molar-refractivity contribution in [3.05, 3.63) is 44.9 Å². The van der Waals surface area contributed by atoms with Gasteiger partial charge >= 0.3 is 5.97 Å². The molecule has 2 aromatic rings. The maximum atomic E-state index is 13.2. The number of anilines is 1. The maximum absolute atomic E-state index is 13.2. The molecule has 0 saturated heterocycles. The summed E-state index contributed by atoms with van der Waals surface area (Å²) in [7, 11) is -1.60. The molecule has 37 heavy (non-hydrogen) atoms. The zero-order valence-electron chi connectivity index (χ0n) is 20.2. The number of halogens is 3. The third-order valence-electron chi connectivity index (χ3n) is 5.90. The summed E-state index contributed by atoms with van der Waals surface area (Å²) in [5.41, 5.74) is -0.260. The van der Waals surface area contributed by atoms with E-state index in [0.29, 0.717) is 12.5 Å². The summed E-state index contributed by atoms with van der Waals surface area (Å²) in [5, 5.41) is 2.52. The lowest BCUT2D eigenvalue weighted by Gasteiger charge is -2.21. The summed E-state index contributed by atoms with van der Waals surface area (Å²) in [6.45, 7) is -0.0165. The van der Waals surface area contributed by atoms with Crippen molar-refractivity contribution >= 4 is 62.4 Å². The van der Waals surface area contributed by atoms with Gasteiger partial charge in [0.05, 0.1) is 40.5 Å². The standard InChI is InChI=1S/C24H27Cl3N2O7S/c1-34-20-11-21(35-2)19(10-17(20)26)29-37(32,33)22-8-15(16(25)9-18(22)27)24(31)36-13-23(30)28-12-14-6-4-3-5-7-14/h8-11,14,29H,3-7,12-13H2,1-2H3,(H,28,30). The Morgan fingerprint density at radius 3 is 2.24 bits per heavy atom. The topological polar surface area (TPSA) is 120 Å². The molecule has 0 heterocycles. The van der Waals surface area contributed by atoms with Crippen LogP contribution in [0.25, 0.3) is 0 Å². The van der Waals surface area contributed by atoms with Crippen LogP contribution in [0.2, 0.25) is 15.1 Å². The lowest BCUT2D eigenvalue weighted by Crippen LogP contribution is -2.33. The summed E-state index contributed by atoms with van der Waals surface area (Å²) in [6.07, 6.45) is 5.60. The van der Waals surface area contributed by atoms with Gasteiger partial charge in [-0.3, -0.25) is 9.52 Å². The highest BCUT2D eigenvalue weighted by Gasteiger charge is 2.26. The average Bonchev–Trinajstić information content (AvgIpc) is 2.86. The molecule has 13 heteroatoms. The minimum atomic E-state index is -4.35. The number of benzene rings is 2. The number of nitrogens with one attached hydrogen (secondary N) is 2. The van der Waals surface area contributed by atoms with Crippen LogP contribution in [0.15, 0.2) is 29.2 Å². The van der Waals surface area contributed by atoms with E-state index in [2.05, 4.69) is 10.0 Å². The highest BCUT2D eigenvalue weighted by atomic mass is 35.5. The minimum Gasteiger partial charge on any atom is -0.495 e. The van der Waals surface area contributed by atoms with E-state index in [1.165, 1.54) is 32.8 Å². The maximum Gasteiger partial charge on any atom is 0.340 e.